The number of fused-ring (bicyclic) bond motifs is 5. The monoisotopic (exact) mass is 629 g/mol. The molecule has 0 amide bonds. The fraction of sp³-hybridized carbons (Fsp3) is 0.529. The maximum absolute atomic E-state index is 17.3. The Kier molecular flexibility index (Phi) is 6.67. The maximum Gasteiger partial charge on any atom is 0.319 e. The molecule has 1 N–H and O–H groups in total. The molecule has 4 aromatic rings. The van der Waals surface area contributed by atoms with Crippen LogP contribution in [0.1, 0.15) is 62.5 Å². The smallest absolute Gasteiger partial charge is 0.319 e. The Bertz CT molecular complexity index is 1900. The topological polar surface area (TPSA) is 102 Å². The number of pyridine rings is 1. The number of hydrogen-bond donors (Lipinski definition) is 1. The number of nitrogens with one attached hydrogen (secondary N) is 1. The Balaban J connectivity index is 1.24. The Labute approximate surface area is 265 Å². The van der Waals surface area contributed by atoms with Crippen LogP contribution in [0.5, 0.6) is 11.9 Å². The Morgan fingerprint density at radius 3 is 3.02 bits per heavy atom. The number of benzene rings is 1. The van der Waals surface area contributed by atoms with Crippen LogP contribution >= 0.6 is 0 Å². The van der Waals surface area contributed by atoms with E-state index in [-0.39, 0.29) is 34.7 Å². The number of nitrogens with zero attached hydrogens (tertiary/aromatic N) is 6. The van der Waals surface area contributed by atoms with Crippen LogP contribution in [0.4, 0.5) is 14.6 Å². The van der Waals surface area contributed by atoms with E-state index in [1.807, 2.05) is 0 Å². The van der Waals surface area contributed by atoms with E-state index < -0.39 is 5.82 Å². The van der Waals surface area contributed by atoms with Crippen LogP contribution in [0.3, 0.4) is 0 Å². The van der Waals surface area contributed by atoms with Crippen molar-refractivity contribution >= 4 is 27.6 Å². The molecule has 0 unspecified atom stereocenters. The zero-order chi connectivity index (χ0) is 31.0. The fourth-order valence-corrected chi connectivity index (χ4v) is 8.65. The molecule has 0 bridgehead atoms. The number of rotatable bonds is 4. The van der Waals surface area contributed by atoms with Gasteiger partial charge < -0.3 is 19.1 Å². The summed E-state index contributed by atoms with van der Waals surface area (Å²) in [4.78, 5) is 19.1. The highest BCUT2D eigenvalue weighted by Gasteiger charge is 2.47. The predicted octanol–water partition coefficient (Wildman–Crippen LogP) is 5.61. The summed E-state index contributed by atoms with van der Waals surface area (Å²) >= 11 is 0. The van der Waals surface area contributed by atoms with Crippen molar-refractivity contribution in [1.82, 2.24) is 30.0 Å². The van der Waals surface area contributed by atoms with Gasteiger partial charge in [0.05, 0.1) is 36.2 Å². The van der Waals surface area contributed by atoms with Crippen LogP contribution in [0, 0.1) is 5.82 Å². The second-order valence-corrected chi connectivity index (χ2v) is 13.7. The summed E-state index contributed by atoms with van der Waals surface area (Å²) in [5, 5.41) is 8.70. The molecule has 1 aromatic carbocycles. The molecule has 0 saturated carbocycles. The van der Waals surface area contributed by atoms with Gasteiger partial charge in [0.25, 0.3) is 0 Å². The summed E-state index contributed by atoms with van der Waals surface area (Å²) in [6, 6.07) is 2.12. The number of halogens is 2. The van der Waals surface area contributed by atoms with Gasteiger partial charge in [-0.2, -0.15) is 15.1 Å². The molecule has 240 valence electrons. The van der Waals surface area contributed by atoms with Crippen LogP contribution in [0.25, 0.3) is 33.1 Å². The minimum Gasteiger partial charge on any atom is -0.475 e. The molecule has 9 rings (SSSR count). The molecule has 0 spiro atoms. The minimum atomic E-state index is -0.529. The highest BCUT2D eigenvalue weighted by atomic mass is 19.1. The molecule has 3 fully saturated rings. The van der Waals surface area contributed by atoms with Gasteiger partial charge >= 0.3 is 6.01 Å². The normalized spacial score (nSPS) is 26.9. The average molecular weight is 630 g/mol. The predicted molar refractivity (Wildman–Crippen MR) is 169 cm³/mol. The Hall–Kier alpha value is -3.90. The first-order valence-corrected chi connectivity index (χ1v) is 16.6. The molecule has 3 atom stereocenters. The minimum absolute atomic E-state index is 0.103. The van der Waals surface area contributed by atoms with Gasteiger partial charge in [-0.15, -0.1) is 0 Å². The van der Waals surface area contributed by atoms with Crippen molar-refractivity contribution in [2.45, 2.75) is 69.4 Å². The first kappa shape index (κ1) is 28.3. The number of ether oxygens (including phenoxy) is 3. The third-order valence-corrected chi connectivity index (χ3v) is 10.8. The third kappa shape index (κ3) is 4.32. The lowest BCUT2D eigenvalue weighted by atomic mass is 9.79. The van der Waals surface area contributed by atoms with Gasteiger partial charge in [-0.1, -0.05) is 6.92 Å². The second kappa shape index (κ2) is 10.8. The molecular weight excluding hydrogens is 592 g/mol. The van der Waals surface area contributed by atoms with E-state index in [2.05, 4.69) is 33.0 Å². The summed E-state index contributed by atoms with van der Waals surface area (Å²) < 4.78 is 49.6. The number of aryl methyl sites for hydroxylation is 1. The fourth-order valence-electron chi connectivity index (χ4n) is 8.65. The quantitative estimate of drug-likeness (QED) is 0.309. The lowest BCUT2D eigenvalue weighted by Gasteiger charge is -2.31. The van der Waals surface area contributed by atoms with E-state index in [0.29, 0.717) is 63.0 Å². The van der Waals surface area contributed by atoms with Crippen molar-refractivity contribution in [3.63, 3.8) is 0 Å². The average Bonchev–Trinajstić information content (AvgIpc) is 3.69. The largest absolute Gasteiger partial charge is 0.475 e. The van der Waals surface area contributed by atoms with Crippen LogP contribution in [-0.4, -0.2) is 87.7 Å². The maximum atomic E-state index is 17.3. The van der Waals surface area contributed by atoms with E-state index in [9.17, 15) is 4.39 Å². The highest BCUT2D eigenvalue weighted by Crippen LogP contribution is 2.47. The van der Waals surface area contributed by atoms with Crippen LogP contribution in [0.15, 0.2) is 24.2 Å². The van der Waals surface area contributed by atoms with Crippen molar-refractivity contribution in [2.24, 2.45) is 0 Å². The molecule has 3 saturated heterocycles. The number of aromatic amines is 1. The van der Waals surface area contributed by atoms with Crippen LogP contribution < -0.4 is 14.4 Å². The first-order valence-electron chi connectivity index (χ1n) is 16.6. The van der Waals surface area contributed by atoms with Gasteiger partial charge in [0.15, 0.2) is 5.82 Å². The lowest BCUT2D eigenvalue weighted by Crippen LogP contribution is -2.43. The van der Waals surface area contributed by atoms with Crippen molar-refractivity contribution in [1.29, 1.82) is 0 Å². The Morgan fingerprint density at radius 1 is 1.17 bits per heavy atom. The molecule has 3 aromatic heterocycles. The number of aromatic nitrogens is 5. The highest BCUT2D eigenvalue weighted by molar-refractivity contribution is 6.02. The van der Waals surface area contributed by atoms with Crippen molar-refractivity contribution in [2.75, 3.05) is 51.0 Å². The molecule has 10 nitrogen and oxygen atoms in total. The van der Waals surface area contributed by atoms with Gasteiger partial charge in [0.2, 0.25) is 5.88 Å². The van der Waals surface area contributed by atoms with Gasteiger partial charge in [-0.05, 0) is 80.2 Å². The molecule has 1 aliphatic carbocycles. The summed E-state index contributed by atoms with van der Waals surface area (Å²) in [5.41, 5.74) is 4.69. The molecule has 12 heteroatoms. The standard InChI is InChI=1S/C34H37F2N7O3/c1-19-5-2-6-21-11-24-23(14-37-41-24)26(25(19)21)29-28(36)30-27-31(43-9-4-10-44-16-22(43)17-45-32(27)38-29)40-33(39-30)46-18-34-7-3-8-42(34)15-20(12-34)13-35/h11,13-14,19,22H,2-10,12,15-18H2,1H3,(H,37,41)/b20-13-/t19-,22+,34+/m1/s1. The van der Waals surface area contributed by atoms with E-state index in [1.165, 1.54) is 5.56 Å². The number of anilines is 1. The van der Waals surface area contributed by atoms with Crippen LogP contribution in [0.2, 0.25) is 0 Å². The lowest BCUT2D eigenvalue weighted by molar-refractivity contribution is 0.108. The summed E-state index contributed by atoms with van der Waals surface area (Å²) in [6.45, 7) is 6.07. The van der Waals surface area contributed by atoms with E-state index in [4.69, 9.17) is 29.2 Å². The van der Waals surface area contributed by atoms with E-state index in [1.54, 1.807) is 6.20 Å². The van der Waals surface area contributed by atoms with Gasteiger partial charge in [-0.3, -0.25) is 10.00 Å². The summed E-state index contributed by atoms with van der Waals surface area (Å²) in [6.07, 6.45) is 8.81. The second-order valence-electron chi connectivity index (χ2n) is 13.7. The first-order chi connectivity index (χ1) is 22.5. The molecular formula is C34H37F2N7O3. The van der Waals surface area contributed by atoms with Crippen molar-refractivity contribution < 1.29 is 23.0 Å². The molecule has 0 radical (unpaired) electrons. The summed E-state index contributed by atoms with van der Waals surface area (Å²) in [5.74, 6) is 0.563. The third-order valence-electron chi connectivity index (χ3n) is 10.8. The van der Waals surface area contributed by atoms with Gasteiger partial charge in [-0.25, -0.2) is 13.8 Å². The molecule has 4 aliphatic heterocycles. The number of H-pyrrole nitrogens is 1. The SMILES string of the molecule is C[C@@H]1CCCc2cc3[nH]ncc3c(-c3nc4c5c(nc(OC[C@@]67CCCN6C/C(=C\F)C7)nc5c3F)N3CCCOC[C@H]3CO4)c21. The number of hydrogen-bond acceptors (Lipinski definition) is 9. The van der Waals surface area contributed by atoms with Crippen LogP contribution in [-0.2, 0) is 11.2 Å². The van der Waals surface area contributed by atoms with Crippen molar-refractivity contribution in [3.8, 4) is 23.1 Å². The van der Waals surface area contributed by atoms with Gasteiger partial charge in [0.1, 0.15) is 35.6 Å². The summed E-state index contributed by atoms with van der Waals surface area (Å²) in [7, 11) is 0. The molecule has 5 aliphatic rings. The zero-order valence-electron chi connectivity index (χ0n) is 26.0. The Morgan fingerprint density at radius 2 is 2.11 bits per heavy atom. The van der Waals surface area contributed by atoms with Crippen molar-refractivity contribution in [3.05, 3.63) is 41.1 Å². The van der Waals surface area contributed by atoms with Gasteiger partial charge in [0, 0.05) is 30.6 Å². The van der Waals surface area contributed by atoms with E-state index >= 15 is 4.39 Å². The zero-order valence-corrected chi connectivity index (χ0v) is 26.0. The molecule has 7 heterocycles. The van der Waals surface area contributed by atoms with E-state index in [0.717, 1.165) is 79.0 Å². The molecule has 46 heavy (non-hydrogen) atoms.